The third kappa shape index (κ3) is 14.2. The number of aryl methyl sites for hydroxylation is 2. The Kier molecular flexibility index (Phi) is 22.5. The van der Waals surface area contributed by atoms with Gasteiger partial charge in [0.25, 0.3) is 0 Å². The molecule has 6 aromatic carbocycles. The van der Waals surface area contributed by atoms with Crippen LogP contribution >= 0.6 is 17.2 Å². The van der Waals surface area contributed by atoms with Crippen LogP contribution in [0.1, 0.15) is 80.4 Å². The van der Waals surface area contributed by atoms with E-state index in [1.165, 1.54) is 87.3 Å². The molecule has 0 bridgehead atoms. The van der Waals surface area contributed by atoms with Gasteiger partial charge in [0.15, 0.2) is 0 Å². The van der Waals surface area contributed by atoms with E-state index in [-0.39, 0.29) is 88.1 Å². The van der Waals surface area contributed by atoms with Gasteiger partial charge in [0, 0.05) is 0 Å². The molecule has 0 nitrogen and oxygen atoms in total. The van der Waals surface area contributed by atoms with Crippen LogP contribution in [-0.4, -0.2) is 0 Å². The summed E-state index contributed by atoms with van der Waals surface area (Å²) >= 11 is 0. The number of hydrogen-bond donors (Lipinski definition) is 0. The molecular weight excluding hydrogens is 940 g/mol. The Bertz CT molecular complexity index is 2150. The van der Waals surface area contributed by atoms with Crippen molar-refractivity contribution < 1.29 is 77.2 Å². The van der Waals surface area contributed by atoms with Crippen LogP contribution in [0.25, 0.3) is 21.5 Å². The average Bonchev–Trinajstić information content (AvgIpc) is 3.84. The van der Waals surface area contributed by atoms with E-state index in [4.69, 9.17) is 0 Å². The van der Waals surface area contributed by atoms with Crippen molar-refractivity contribution in [3.05, 3.63) is 178 Å². The van der Waals surface area contributed by atoms with Gasteiger partial charge in [-0.05, 0) is 35.6 Å². The Morgan fingerprint density at radius 1 is 0.448 bits per heavy atom. The van der Waals surface area contributed by atoms with E-state index in [9.17, 15) is 0 Å². The summed E-state index contributed by atoms with van der Waals surface area (Å²) in [6, 6.07) is 43.6. The van der Waals surface area contributed by atoms with E-state index >= 15 is 0 Å². The Labute approximate surface area is 405 Å². The summed E-state index contributed by atoms with van der Waals surface area (Å²) in [5.41, 5.74) is 11.6. The number of rotatable bonds is 4. The number of fused-ring (bicyclic) bond motifs is 2. The van der Waals surface area contributed by atoms with Gasteiger partial charge in [-0.2, -0.15) is 34.4 Å². The Morgan fingerprint density at radius 3 is 1.02 bits per heavy atom. The molecule has 2 atom stereocenters. The minimum atomic E-state index is 0. The van der Waals surface area contributed by atoms with Gasteiger partial charge in [0.1, 0.15) is 0 Å². The molecule has 0 radical (unpaired) electrons. The van der Waals surface area contributed by atoms with Gasteiger partial charge in [-0.3, -0.25) is 12.2 Å². The second-order valence-corrected chi connectivity index (χ2v) is 18.6. The van der Waals surface area contributed by atoms with Gasteiger partial charge in [0.05, 0.1) is 0 Å². The molecule has 0 saturated carbocycles. The fraction of sp³-hybridized carbons (Fsp3) is 0.269. The van der Waals surface area contributed by atoms with Gasteiger partial charge in [0.2, 0.25) is 0 Å². The van der Waals surface area contributed by atoms with Crippen molar-refractivity contribution in [1.82, 2.24) is 0 Å². The summed E-state index contributed by atoms with van der Waals surface area (Å²) in [4.78, 5) is 0. The normalized spacial score (nSPS) is 14.9. The van der Waals surface area contributed by atoms with Crippen LogP contribution in [0.3, 0.4) is 0 Å². The van der Waals surface area contributed by atoms with Crippen LogP contribution < -0.4 is 46.0 Å². The standard InChI is InChI=1S/2C16H14P.2C10H15.2ClH.2Zr/c2*1-12-6-2-5-9-16(12)17-15-10-13-7-3-4-8-14(13)11-15;2*1-7-6-10(4,5)9(3)8(7)2;;;;/h2*2-11,17H,1H3;2*1-5H3;2*1H;;/q4*-1;;;2*+2/p-2. The summed E-state index contributed by atoms with van der Waals surface area (Å²) in [5.74, 6) is 0. The molecule has 6 aromatic rings. The number of hydrogen-bond acceptors (Lipinski definition) is 0. The fourth-order valence-electron chi connectivity index (χ4n) is 7.00. The van der Waals surface area contributed by atoms with Crippen molar-refractivity contribution in [2.24, 2.45) is 10.8 Å². The molecule has 0 saturated heterocycles. The molecule has 300 valence electrons. The zero-order valence-corrected chi connectivity index (χ0v) is 44.7. The van der Waals surface area contributed by atoms with Crippen molar-refractivity contribution in [3.63, 3.8) is 0 Å². The van der Waals surface area contributed by atoms with E-state index in [1.807, 2.05) is 0 Å². The summed E-state index contributed by atoms with van der Waals surface area (Å²) < 4.78 is 0. The molecule has 0 spiro atoms. The first-order chi connectivity index (χ1) is 25.6. The van der Waals surface area contributed by atoms with E-state index in [2.05, 4.69) is 217 Å². The van der Waals surface area contributed by atoms with E-state index in [1.54, 1.807) is 0 Å². The van der Waals surface area contributed by atoms with Crippen LogP contribution in [-0.2, 0) is 52.4 Å². The molecule has 0 N–H and O–H groups in total. The molecule has 2 aliphatic rings. The molecule has 0 aliphatic heterocycles. The first-order valence-corrected chi connectivity index (χ1v) is 21.1. The van der Waals surface area contributed by atoms with E-state index < -0.39 is 0 Å². The SMILES string of the molecule is CC1=[C-]C(C)(C)C(C)=C1C.CC1=[C-]C(C)(C)C(C)=C1C.Cc1ccccc1Pc1cc2ccccc2[cH-]1.Cc1ccccc1Pc1cc2ccccc2[cH-]1.[Cl-].[Cl-].[Zr+2].[Zr+2]. The van der Waals surface area contributed by atoms with Crippen molar-refractivity contribution in [2.45, 2.75) is 83.1 Å². The van der Waals surface area contributed by atoms with Gasteiger partial charge < -0.3 is 24.8 Å². The molecule has 0 amide bonds. The second-order valence-electron chi connectivity index (χ2n) is 15.9. The van der Waals surface area contributed by atoms with Crippen LogP contribution in [0.5, 0.6) is 0 Å². The zero-order chi connectivity index (χ0) is 39.2. The van der Waals surface area contributed by atoms with Crippen LogP contribution in [0.4, 0.5) is 0 Å². The van der Waals surface area contributed by atoms with Crippen molar-refractivity contribution >= 4 is 59.9 Å². The third-order valence-electron chi connectivity index (χ3n) is 11.2. The minimum Gasteiger partial charge on any atom is -1.00 e. The molecule has 0 aromatic heterocycles. The first-order valence-electron chi connectivity index (χ1n) is 19.1. The van der Waals surface area contributed by atoms with Crippen LogP contribution in [0.15, 0.2) is 155 Å². The smallest absolute Gasteiger partial charge is 1.00 e. The van der Waals surface area contributed by atoms with E-state index in [0.717, 1.165) is 17.2 Å². The van der Waals surface area contributed by atoms with Gasteiger partial charge in [-0.15, -0.1) is 94.5 Å². The Hall–Kier alpha value is -1.73. The van der Waals surface area contributed by atoms with Gasteiger partial charge in [-0.25, -0.2) is 11.1 Å². The van der Waals surface area contributed by atoms with Gasteiger partial charge >= 0.3 is 52.4 Å². The largest absolute Gasteiger partial charge is 2.00 e. The summed E-state index contributed by atoms with van der Waals surface area (Å²) in [6.07, 6.45) is 6.87. The zero-order valence-electron chi connectivity index (χ0n) is 36.3. The third-order valence-corrected chi connectivity index (χ3v) is 14.0. The number of halogens is 2. The summed E-state index contributed by atoms with van der Waals surface area (Å²) in [7, 11) is 1.52. The molecule has 8 rings (SSSR count). The van der Waals surface area contributed by atoms with Crippen molar-refractivity contribution in [2.75, 3.05) is 0 Å². The van der Waals surface area contributed by atoms with Crippen molar-refractivity contribution in [3.8, 4) is 0 Å². The maximum absolute atomic E-state index is 3.44. The molecular formula is C52H58Cl2P2Zr2-2. The maximum atomic E-state index is 3.44. The molecule has 0 heterocycles. The Balaban J connectivity index is 0.000000390. The second kappa shape index (κ2) is 24.0. The number of benzene rings is 4. The topological polar surface area (TPSA) is 0 Å². The molecule has 6 heteroatoms. The molecule has 2 aliphatic carbocycles. The van der Waals surface area contributed by atoms with E-state index in [0.29, 0.717) is 0 Å². The Morgan fingerprint density at radius 2 is 0.759 bits per heavy atom. The monoisotopic (exact) mass is 994 g/mol. The van der Waals surface area contributed by atoms with Crippen LogP contribution in [0, 0.1) is 36.8 Å². The molecule has 0 fully saturated rings. The summed E-state index contributed by atoms with van der Waals surface area (Å²) in [6.45, 7) is 26.2. The average molecular weight is 998 g/mol. The molecule has 2 unspecified atom stereocenters. The molecule has 58 heavy (non-hydrogen) atoms. The predicted molar refractivity (Wildman–Crippen MR) is 246 cm³/mol. The minimum absolute atomic E-state index is 0. The maximum Gasteiger partial charge on any atom is 2.00 e. The predicted octanol–water partition coefficient (Wildman–Crippen LogP) is 7.22. The number of allylic oxidation sites excluding steroid dienone is 8. The fourth-order valence-corrected chi connectivity index (χ4v) is 9.45. The first kappa shape index (κ1) is 54.3. The van der Waals surface area contributed by atoms with Crippen LogP contribution in [0.2, 0.25) is 0 Å². The van der Waals surface area contributed by atoms with Crippen molar-refractivity contribution in [1.29, 1.82) is 0 Å². The van der Waals surface area contributed by atoms with Gasteiger partial charge in [-0.1, -0.05) is 144 Å². The quantitative estimate of drug-likeness (QED) is 0.130. The summed E-state index contributed by atoms with van der Waals surface area (Å²) in [5, 5.41) is 11.2.